The molecule has 0 atom stereocenters. The van der Waals surface area contributed by atoms with Gasteiger partial charge >= 0.3 is 0 Å². The first-order chi connectivity index (χ1) is 8.18. The molecule has 4 heteroatoms. The van der Waals surface area contributed by atoms with Gasteiger partial charge in [-0.3, -0.25) is 4.98 Å². The minimum absolute atomic E-state index is 0.598. The van der Waals surface area contributed by atoms with Crippen molar-refractivity contribution < 1.29 is 0 Å². The standard InChI is InChI=1S/C11H12N4.C2H6/c1-7-5-14-11(15-8(7)2)9-3-4-13-6-10(9)12;1-2/h3-6H,12H2,1-2H3;1-2H3. The van der Waals surface area contributed by atoms with Gasteiger partial charge in [0.1, 0.15) is 0 Å². The molecule has 0 aliphatic carbocycles. The van der Waals surface area contributed by atoms with Crippen LogP contribution in [-0.4, -0.2) is 15.0 Å². The Morgan fingerprint density at radius 2 is 1.82 bits per heavy atom. The molecule has 4 nitrogen and oxygen atoms in total. The number of hydrogen-bond acceptors (Lipinski definition) is 4. The second-order valence-corrected chi connectivity index (χ2v) is 3.42. The second-order valence-electron chi connectivity index (χ2n) is 3.42. The first kappa shape index (κ1) is 13.1. The van der Waals surface area contributed by atoms with Crippen LogP contribution in [0.2, 0.25) is 0 Å². The van der Waals surface area contributed by atoms with Crippen molar-refractivity contribution in [2.24, 2.45) is 0 Å². The maximum absolute atomic E-state index is 5.80. The van der Waals surface area contributed by atoms with Crippen LogP contribution in [0.5, 0.6) is 0 Å². The average molecular weight is 230 g/mol. The highest BCUT2D eigenvalue weighted by molar-refractivity contribution is 5.70. The Morgan fingerprint density at radius 1 is 1.12 bits per heavy atom. The Kier molecular flexibility index (Phi) is 4.57. The summed E-state index contributed by atoms with van der Waals surface area (Å²) < 4.78 is 0. The van der Waals surface area contributed by atoms with Gasteiger partial charge in [0.25, 0.3) is 0 Å². The number of aromatic nitrogens is 3. The van der Waals surface area contributed by atoms with Gasteiger partial charge < -0.3 is 5.73 Å². The molecular weight excluding hydrogens is 212 g/mol. The lowest BCUT2D eigenvalue weighted by molar-refractivity contribution is 1.07. The van der Waals surface area contributed by atoms with Crippen LogP contribution in [0.25, 0.3) is 11.4 Å². The van der Waals surface area contributed by atoms with Crippen molar-refractivity contribution >= 4 is 5.69 Å². The molecule has 0 spiro atoms. The Balaban J connectivity index is 0.000000686. The zero-order chi connectivity index (χ0) is 12.8. The van der Waals surface area contributed by atoms with Crippen molar-refractivity contribution in [2.75, 3.05) is 5.73 Å². The molecule has 0 aliphatic heterocycles. The normalized spacial score (nSPS) is 9.41. The van der Waals surface area contributed by atoms with E-state index in [1.54, 1.807) is 18.6 Å². The van der Waals surface area contributed by atoms with Crippen LogP contribution in [-0.2, 0) is 0 Å². The third-order valence-electron chi connectivity index (χ3n) is 2.32. The molecule has 90 valence electrons. The van der Waals surface area contributed by atoms with E-state index >= 15 is 0 Å². The number of nitrogens with two attached hydrogens (primary N) is 1. The van der Waals surface area contributed by atoms with Crippen LogP contribution < -0.4 is 5.73 Å². The second kappa shape index (κ2) is 5.94. The van der Waals surface area contributed by atoms with E-state index in [4.69, 9.17) is 5.73 Å². The van der Waals surface area contributed by atoms with Gasteiger partial charge in [0.05, 0.1) is 11.9 Å². The van der Waals surface area contributed by atoms with E-state index in [1.165, 1.54) is 0 Å². The maximum Gasteiger partial charge on any atom is 0.161 e. The number of nitrogen functional groups attached to an aromatic ring is 1. The summed E-state index contributed by atoms with van der Waals surface area (Å²) in [7, 11) is 0. The molecule has 2 aromatic rings. The molecule has 2 rings (SSSR count). The summed E-state index contributed by atoms with van der Waals surface area (Å²) in [6, 6.07) is 1.82. The third kappa shape index (κ3) is 3.00. The number of pyridine rings is 1. The van der Waals surface area contributed by atoms with Crippen molar-refractivity contribution in [3.63, 3.8) is 0 Å². The van der Waals surface area contributed by atoms with Gasteiger partial charge in [0.15, 0.2) is 5.82 Å². The zero-order valence-electron chi connectivity index (χ0n) is 10.7. The predicted octanol–water partition coefficient (Wildman–Crippen LogP) is 2.76. The molecule has 17 heavy (non-hydrogen) atoms. The predicted molar refractivity (Wildman–Crippen MR) is 70.5 cm³/mol. The van der Waals surface area contributed by atoms with Gasteiger partial charge in [0, 0.05) is 23.7 Å². The van der Waals surface area contributed by atoms with Gasteiger partial charge in [-0.25, -0.2) is 9.97 Å². The molecule has 0 bridgehead atoms. The van der Waals surface area contributed by atoms with Crippen molar-refractivity contribution in [3.05, 3.63) is 35.9 Å². The van der Waals surface area contributed by atoms with Crippen LogP contribution in [0.15, 0.2) is 24.7 Å². The smallest absolute Gasteiger partial charge is 0.161 e. The van der Waals surface area contributed by atoms with Gasteiger partial charge in [0.2, 0.25) is 0 Å². The first-order valence-corrected chi connectivity index (χ1v) is 5.68. The zero-order valence-corrected chi connectivity index (χ0v) is 10.7. The lowest BCUT2D eigenvalue weighted by Crippen LogP contribution is -1.97. The van der Waals surface area contributed by atoms with E-state index in [0.717, 1.165) is 16.8 Å². The molecule has 0 radical (unpaired) electrons. The fourth-order valence-corrected chi connectivity index (χ4v) is 1.27. The molecule has 0 amide bonds. The lowest BCUT2D eigenvalue weighted by Gasteiger charge is -2.05. The fourth-order valence-electron chi connectivity index (χ4n) is 1.27. The van der Waals surface area contributed by atoms with Gasteiger partial charge in [-0.2, -0.15) is 0 Å². The van der Waals surface area contributed by atoms with Crippen LogP contribution in [0.4, 0.5) is 5.69 Å². The van der Waals surface area contributed by atoms with Gasteiger partial charge in [-0.15, -0.1) is 0 Å². The average Bonchev–Trinajstić information content (AvgIpc) is 2.36. The van der Waals surface area contributed by atoms with Crippen molar-refractivity contribution in [1.82, 2.24) is 15.0 Å². The highest BCUT2D eigenvalue weighted by Gasteiger charge is 2.06. The largest absolute Gasteiger partial charge is 0.397 e. The summed E-state index contributed by atoms with van der Waals surface area (Å²) in [5.74, 6) is 0.651. The SMILES string of the molecule is CC.Cc1cnc(-c2ccncc2N)nc1C. The molecule has 0 aromatic carbocycles. The summed E-state index contributed by atoms with van der Waals surface area (Å²) in [4.78, 5) is 12.6. The molecule has 0 fully saturated rings. The number of rotatable bonds is 1. The van der Waals surface area contributed by atoms with Crippen LogP contribution in [0.3, 0.4) is 0 Å². The van der Waals surface area contributed by atoms with E-state index in [-0.39, 0.29) is 0 Å². The molecular formula is C13H18N4. The monoisotopic (exact) mass is 230 g/mol. The first-order valence-electron chi connectivity index (χ1n) is 5.68. The fraction of sp³-hybridized carbons (Fsp3) is 0.308. The summed E-state index contributed by atoms with van der Waals surface area (Å²) in [5, 5.41) is 0. The molecule has 0 aliphatic rings. The van der Waals surface area contributed by atoms with Crippen molar-refractivity contribution in [1.29, 1.82) is 0 Å². The van der Waals surface area contributed by atoms with E-state index in [1.807, 2.05) is 33.8 Å². The summed E-state index contributed by atoms with van der Waals surface area (Å²) in [5.41, 5.74) is 9.27. The Hall–Kier alpha value is -1.97. The van der Waals surface area contributed by atoms with Gasteiger partial charge in [-0.05, 0) is 25.5 Å². The van der Waals surface area contributed by atoms with E-state index < -0.39 is 0 Å². The maximum atomic E-state index is 5.80. The van der Waals surface area contributed by atoms with Crippen molar-refractivity contribution in [3.8, 4) is 11.4 Å². The molecule has 2 aromatic heterocycles. The summed E-state index contributed by atoms with van der Waals surface area (Å²) >= 11 is 0. The van der Waals surface area contributed by atoms with E-state index in [0.29, 0.717) is 11.5 Å². The molecule has 0 saturated heterocycles. The van der Waals surface area contributed by atoms with Crippen LogP contribution in [0.1, 0.15) is 25.1 Å². The number of anilines is 1. The quantitative estimate of drug-likeness (QED) is 0.818. The molecule has 2 N–H and O–H groups in total. The number of aryl methyl sites for hydroxylation is 2. The Labute approximate surface area is 102 Å². The lowest BCUT2D eigenvalue weighted by atomic mass is 10.2. The van der Waals surface area contributed by atoms with E-state index in [2.05, 4.69) is 15.0 Å². The van der Waals surface area contributed by atoms with E-state index in [9.17, 15) is 0 Å². The van der Waals surface area contributed by atoms with Crippen LogP contribution in [0, 0.1) is 13.8 Å². The molecule has 0 unspecified atom stereocenters. The minimum Gasteiger partial charge on any atom is -0.397 e. The number of hydrogen-bond donors (Lipinski definition) is 1. The number of nitrogens with zero attached hydrogens (tertiary/aromatic N) is 3. The summed E-state index contributed by atoms with van der Waals surface area (Å²) in [6.45, 7) is 7.94. The highest BCUT2D eigenvalue weighted by atomic mass is 14.9. The topological polar surface area (TPSA) is 64.7 Å². The van der Waals surface area contributed by atoms with Crippen molar-refractivity contribution in [2.45, 2.75) is 27.7 Å². The summed E-state index contributed by atoms with van der Waals surface area (Å²) in [6.07, 6.45) is 5.09. The van der Waals surface area contributed by atoms with Crippen LogP contribution >= 0.6 is 0 Å². The third-order valence-corrected chi connectivity index (χ3v) is 2.32. The molecule has 0 saturated carbocycles. The van der Waals surface area contributed by atoms with Gasteiger partial charge in [-0.1, -0.05) is 13.8 Å². The Morgan fingerprint density at radius 3 is 2.41 bits per heavy atom. The minimum atomic E-state index is 0.598. The Bertz CT molecular complexity index is 495. The molecule has 2 heterocycles. The highest BCUT2D eigenvalue weighted by Crippen LogP contribution is 2.21.